The molecule has 0 unspecified atom stereocenters. The van der Waals surface area contributed by atoms with E-state index in [9.17, 15) is 9.59 Å². The topological polar surface area (TPSA) is 71.1 Å². The Morgan fingerprint density at radius 3 is 2.54 bits per heavy atom. The lowest BCUT2D eigenvalue weighted by atomic mass is 10.2. The molecule has 1 aromatic heterocycles. The minimum atomic E-state index is -0.277. The summed E-state index contributed by atoms with van der Waals surface area (Å²) in [6, 6.07) is 8.48. The second kappa shape index (κ2) is 9.01. The molecule has 0 spiro atoms. The zero-order valence-corrected chi connectivity index (χ0v) is 15.6. The van der Waals surface area contributed by atoms with Crippen LogP contribution in [0.5, 0.6) is 0 Å². The van der Waals surface area contributed by atoms with Crippen LogP contribution < -0.4 is 10.6 Å². The van der Waals surface area contributed by atoms with Crippen molar-refractivity contribution in [1.82, 2.24) is 10.3 Å². The van der Waals surface area contributed by atoms with Crippen LogP contribution in [0.3, 0.4) is 0 Å². The summed E-state index contributed by atoms with van der Waals surface area (Å²) in [6.45, 7) is 0.258. The number of nitrogens with zero attached hydrogens (tertiary/aromatic N) is 1. The molecular weight excluding hydrogens is 417 g/mol. The molecule has 126 valence electrons. The highest BCUT2D eigenvalue weighted by Gasteiger charge is 2.09. The Hall–Kier alpha value is -1.63. The maximum atomic E-state index is 11.8. The van der Waals surface area contributed by atoms with Crippen LogP contribution in [0, 0.1) is 0 Å². The fourth-order valence-electron chi connectivity index (χ4n) is 1.84. The fraction of sp³-hybridized carbons (Fsp3) is 0.188. The lowest BCUT2D eigenvalue weighted by Crippen LogP contribution is -2.24. The van der Waals surface area contributed by atoms with E-state index in [1.165, 1.54) is 0 Å². The van der Waals surface area contributed by atoms with Crippen molar-refractivity contribution in [3.05, 3.63) is 56.6 Å². The van der Waals surface area contributed by atoms with Crippen molar-refractivity contribution in [2.75, 3.05) is 5.32 Å². The van der Waals surface area contributed by atoms with Gasteiger partial charge < -0.3 is 10.6 Å². The van der Waals surface area contributed by atoms with Crippen molar-refractivity contribution in [3.63, 3.8) is 0 Å². The Bertz CT molecular complexity index is 739. The molecular formula is C16H14BrCl2N3O2. The molecule has 0 saturated carbocycles. The highest BCUT2D eigenvalue weighted by molar-refractivity contribution is 9.10. The quantitative estimate of drug-likeness (QED) is 0.721. The Balaban J connectivity index is 1.75. The van der Waals surface area contributed by atoms with E-state index in [0.29, 0.717) is 15.9 Å². The Kier molecular flexibility index (Phi) is 7.02. The van der Waals surface area contributed by atoms with Crippen molar-refractivity contribution in [3.8, 4) is 0 Å². The van der Waals surface area contributed by atoms with Crippen LogP contribution in [-0.4, -0.2) is 16.8 Å². The van der Waals surface area contributed by atoms with E-state index in [-0.39, 0.29) is 31.2 Å². The molecule has 1 heterocycles. The number of carbonyl (C=O) groups excluding carboxylic acids is 2. The van der Waals surface area contributed by atoms with Crippen LogP contribution in [0.4, 0.5) is 5.82 Å². The number of hydrogen-bond acceptors (Lipinski definition) is 3. The first kappa shape index (κ1) is 18.7. The number of halogens is 3. The van der Waals surface area contributed by atoms with E-state index in [0.717, 1.165) is 10.0 Å². The maximum Gasteiger partial charge on any atom is 0.226 e. The van der Waals surface area contributed by atoms with Crippen molar-refractivity contribution in [2.45, 2.75) is 19.4 Å². The molecule has 0 bridgehead atoms. The molecule has 0 saturated heterocycles. The van der Waals surface area contributed by atoms with Gasteiger partial charge in [-0.15, -0.1) is 0 Å². The minimum Gasteiger partial charge on any atom is -0.352 e. The molecule has 2 rings (SSSR count). The van der Waals surface area contributed by atoms with E-state index in [1.807, 2.05) is 0 Å². The zero-order valence-electron chi connectivity index (χ0n) is 12.5. The summed E-state index contributed by atoms with van der Waals surface area (Å²) in [5.74, 6) is -0.0833. The molecule has 1 aromatic carbocycles. The van der Waals surface area contributed by atoms with E-state index in [2.05, 4.69) is 31.5 Å². The monoisotopic (exact) mass is 429 g/mol. The summed E-state index contributed by atoms with van der Waals surface area (Å²) in [5.41, 5.74) is 0.723. The molecule has 2 aromatic rings. The highest BCUT2D eigenvalue weighted by atomic mass is 79.9. The highest BCUT2D eigenvalue weighted by Crippen LogP contribution is 2.20. The summed E-state index contributed by atoms with van der Waals surface area (Å²) in [5, 5.41) is 6.41. The van der Waals surface area contributed by atoms with E-state index < -0.39 is 0 Å². The fourth-order valence-corrected chi connectivity index (χ4v) is 2.46. The van der Waals surface area contributed by atoms with Gasteiger partial charge in [0.2, 0.25) is 11.8 Å². The van der Waals surface area contributed by atoms with E-state index in [4.69, 9.17) is 23.2 Å². The molecule has 0 aliphatic carbocycles. The third-order valence-corrected chi connectivity index (χ3v) is 4.13. The van der Waals surface area contributed by atoms with Gasteiger partial charge in [-0.25, -0.2) is 4.98 Å². The summed E-state index contributed by atoms with van der Waals surface area (Å²) < 4.78 is 0.819. The number of anilines is 1. The van der Waals surface area contributed by atoms with Crippen molar-refractivity contribution in [2.24, 2.45) is 0 Å². The molecule has 0 aliphatic rings. The van der Waals surface area contributed by atoms with Crippen LogP contribution in [0.1, 0.15) is 18.4 Å². The average Bonchev–Trinajstić information content (AvgIpc) is 2.56. The number of amides is 2. The standard InChI is InChI=1S/C16H14BrCl2N3O2/c17-11-1-4-14(20-9-11)22-16(24)6-5-15(23)21-8-10-7-12(18)2-3-13(10)19/h1-4,7,9H,5-6,8H2,(H,21,23)(H,20,22,24). The van der Waals surface area contributed by atoms with Gasteiger partial charge in [-0.1, -0.05) is 23.2 Å². The molecule has 24 heavy (non-hydrogen) atoms. The van der Waals surface area contributed by atoms with Gasteiger partial charge in [-0.05, 0) is 51.8 Å². The largest absolute Gasteiger partial charge is 0.352 e. The van der Waals surface area contributed by atoms with Crippen LogP contribution in [0.25, 0.3) is 0 Å². The second-order valence-corrected chi connectivity index (χ2v) is 6.68. The van der Waals surface area contributed by atoms with Gasteiger partial charge in [0, 0.05) is 40.1 Å². The Morgan fingerprint density at radius 2 is 1.83 bits per heavy atom. The Morgan fingerprint density at radius 1 is 1.08 bits per heavy atom. The SMILES string of the molecule is O=C(CCC(=O)Nc1ccc(Br)cn1)NCc1cc(Cl)ccc1Cl. The maximum absolute atomic E-state index is 11.8. The van der Waals surface area contributed by atoms with Crippen molar-refractivity contribution in [1.29, 1.82) is 0 Å². The smallest absolute Gasteiger partial charge is 0.226 e. The predicted octanol–water partition coefficient (Wildman–Crippen LogP) is 4.19. The molecule has 2 N–H and O–H groups in total. The van der Waals surface area contributed by atoms with Gasteiger partial charge in [0.1, 0.15) is 5.82 Å². The summed E-state index contributed by atoms with van der Waals surface area (Å²) in [4.78, 5) is 27.7. The summed E-state index contributed by atoms with van der Waals surface area (Å²) in [6.07, 6.45) is 1.71. The lowest BCUT2D eigenvalue weighted by molar-refractivity contribution is -0.124. The lowest BCUT2D eigenvalue weighted by Gasteiger charge is -2.08. The number of nitrogens with one attached hydrogen (secondary N) is 2. The number of carbonyl (C=O) groups is 2. The van der Waals surface area contributed by atoms with Crippen LogP contribution in [0.2, 0.25) is 10.0 Å². The summed E-state index contributed by atoms with van der Waals surface area (Å²) in [7, 11) is 0. The minimum absolute atomic E-state index is 0.0624. The third kappa shape index (κ3) is 6.11. The normalized spacial score (nSPS) is 10.3. The molecule has 0 fully saturated rings. The number of hydrogen-bond donors (Lipinski definition) is 2. The van der Waals surface area contributed by atoms with Gasteiger partial charge in [0.15, 0.2) is 0 Å². The van der Waals surface area contributed by atoms with E-state index in [1.54, 1.807) is 36.5 Å². The van der Waals surface area contributed by atoms with Crippen molar-refractivity contribution >= 4 is 56.8 Å². The molecule has 5 nitrogen and oxygen atoms in total. The zero-order chi connectivity index (χ0) is 17.5. The second-order valence-electron chi connectivity index (χ2n) is 4.92. The number of benzene rings is 1. The number of pyridine rings is 1. The van der Waals surface area contributed by atoms with Gasteiger partial charge in [-0.3, -0.25) is 9.59 Å². The van der Waals surface area contributed by atoms with Gasteiger partial charge >= 0.3 is 0 Å². The van der Waals surface area contributed by atoms with E-state index >= 15 is 0 Å². The van der Waals surface area contributed by atoms with Gasteiger partial charge in [0.05, 0.1) is 0 Å². The first-order valence-electron chi connectivity index (χ1n) is 7.06. The van der Waals surface area contributed by atoms with Crippen molar-refractivity contribution < 1.29 is 9.59 Å². The van der Waals surface area contributed by atoms with Crippen LogP contribution >= 0.6 is 39.1 Å². The van der Waals surface area contributed by atoms with Gasteiger partial charge in [-0.2, -0.15) is 0 Å². The predicted molar refractivity (Wildman–Crippen MR) is 98.1 cm³/mol. The average molecular weight is 431 g/mol. The number of aromatic nitrogens is 1. The first-order valence-corrected chi connectivity index (χ1v) is 8.61. The number of rotatable bonds is 6. The van der Waals surface area contributed by atoms with Crippen LogP contribution in [0.15, 0.2) is 41.0 Å². The molecule has 0 atom stereocenters. The molecule has 8 heteroatoms. The first-order chi connectivity index (χ1) is 11.4. The molecule has 0 radical (unpaired) electrons. The molecule has 2 amide bonds. The van der Waals surface area contributed by atoms with Gasteiger partial charge in [0.25, 0.3) is 0 Å². The Labute approximate surface area is 157 Å². The third-order valence-electron chi connectivity index (χ3n) is 3.06. The van der Waals surface area contributed by atoms with Crippen LogP contribution in [-0.2, 0) is 16.1 Å². The molecule has 0 aliphatic heterocycles. The summed E-state index contributed by atoms with van der Waals surface area (Å²) >= 11 is 15.2.